The quantitative estimate of drug-likeness (QED) is 0.854. The summed E-state index contributed by atoms with van der Waals surface area (Å²) in [5.74, 6) is 0. The molecule has 0 aliphatic heterocycles. The minimum Gasteiger partial charge on any atom is -0.381 e. The molecule has 2 rings (SSSR count). The first-order valence-electron chi connectivity index (χ1n) is 5.53. The Bertz CT molecular complexity index is 276. The zero-order valence-electron chi connectivity index (χ0n) is 9.11. The van der Waals surface area contributed by atoms with E-state index in [1.54, 1.807) is 11.3 Å². The Labute approximate surface area is 94.9 Å². The van der Waals surface area contributed by atoms with E-state index >= 15 is 0 Å². The number of rotatable bonds is 4. The van der Waals surface area contributed by atoms with Crippen LogP contribution in [0.25, 0.3) is 0 Å². The van der Waals surface area contributed by atoms with Crippen LogP contribution < -0.4 is 5.32 Å². The summed E-state index contributed by atoms with van der Waals surface area (Å²) in [5, 5.41) is 6.76. The fourth-order valence-corrected chi connectivity index (χ4v) is 2.68. The molecule has 0 bridgehead atoms. The third-order valence-electron chi connectivity index (χ3n) is 2.98. The smallest absolute Gasteiger partial charge is 0.106 e. The van der Waals surface area contributed by atoms with Gasteiger partial charge in [-0.2, -0.15) is 0 Å². The minimum atomic E-state index is 0.451. The van der Waals surface area contributed by atoms with Crippen LogP contribution in [0.2, 0.25) is 0 Å². The monoisotopic (exact) mass is 226 g/mol. The molecule has 84 valence electrons. The third kappa shape index (κ3) is 3.26. The Morgan fingerprint density at radius 3 is 3.27 bits per heavy atom. The molecule has 1 saturated carbocycles. The van der Waals surface area contributed by atoms with E-state index in [1.165, 1.54) is 24.3 Å². The number of aromatic nitrogens is 1. The molecule has 0 saturated heterocycles. The number of ether oxygens (including phenoxy) is 1. The van der Waals surface area contributed by atoms with Gasteiger partial charge in [-0.3, -0.25) is 0 Å². The number of thiazole rings is 1. The first-order valence-corrected chi connectivity index (χ1v) is 6.41. The molecule has 2 atom stereocenters. The van der Waals surface area contributed by atoms with Crippen LogP contribution in [0.1, 0.15) is 30.7 Å². The van der Waals surface area contributed by atoms with E-state index in [0.717, 1.165) is 13.0 Å². The van der Waals surface area contributed by atoms with Crippen LogP contribution in [0.4, 0.5) is 0 Å². The van der Waals surface area contributed by atoms with E-state index in [0.29, 0.717) is 12.1 Å². The highest BCUT2D eigenvalue weighted by molar-refractivity contribution is 7.09. The van der Waals surface area contributed by atoms with Crippen LogP contribution in [0.3, 0.4) is 0 Å². The first-order chi connectivity index (χ1) is 7.38. The Morgan fingerprint density at radius 1 is 1.60 bits per heavy atom. The summed E-state index contributed by atoms with van der Waals surface area (Å²) < 4.78 is 5.41. The van der Waals surface area contributed by atoms with E-state index < -0.39 is 0 Å². The van der Waals surface area contributed by atoms with Gasteiger partial charge in [-0.05, 0) is 25.7 Å². The van der Waals surface area contributed by atoms with Gasteiger partial charge in [0.15, 0.2) is 0 Å². The van der Waals surface area contributed by atoms with Crippen molar-refractivity contribution in [3.63, 3.8) is 0 Å². The standard InChI is InChI=1S/C11H18N2OS/c1-14-10-4-2-3-9(7-10)13-8-11-12-5-6-15-11/h5-6,9-10,13H,2-4,7-8H2,1H3. The molecule has 0 spiro atoms. The Morgan fingerprint density at radius 2 is 2.53 bits per heavy atom. The maximum atomic E-state index is 5.41. The summed E-state index contributed by atoms with van der Waals surface area (Å²) in [4.78, 5) is 4.26. The molecule has 15 heavy (non-hydrogen) atoms. The Balaban J connectivity index is 1.74. The van der Waals surface area contributed by atoms with E-state index in [-0.39, 0.29) is 0 Å². The molecule has 2 unspecified atom stereocenters. The fraction of sp³-hybridized carbons (Fsp3) is 0.727. The van der Waals surface area contributed by atoms with Crippen molar-refractivity contribution in [1.82, 2.24) is 10.3 Å². The van der Waals surface area contributed by atoms with E-state index in [4.69, 9.17) is 4.74 Å². The molecule has 1 heterocycles. The van der Waals surface area contributed by atoms with Gasteiger partial charge < -0.3 is 10.1 Å². The minimum absolute atomic E-state index is 0.451. The van der Waals surface area contributed by atoms with E-state index in [9.17, 15) is 0 Å². The van der Waals surface area contributed by atoms with Gasteiger partial charge in [0, 0.05) is 31.3 Å². The van der Waals surface area contributed by atoms with Crippen LogP contribution in [0, 0.1) is 0 Å². The second-order valence-electron chi connectivity index (χ2n) is 4.03. The number of hydrogen-bond acceptors (Lipinski definition) is 4. The molecule has 1 N–H and O–H groups in total. The largest absolute Gasteiger partial charge is 0.381 e. The van der Waals surface area contributed by atoms with Crippen LogP contribution in [-0.2, 0) is 11.3 Å². The molecule has 1 aliphatic rings. The number of hydrogen-bond donors (Lipinski definition) is 1. The molecule has 1 fully saturated rings. The summed E-state index contributed by atoms with van der Waals surface area (Å²) >= 11 is 1.71. The maximum Gasteiger partial charge on any atom is 0.106 e. The summed E-state index contributed by atoms with van der Waals surface area (Å²) in [6, 6.07) is 0.604. The highest BCUT2D eigenvalue weighted by Crippen LogP contribution is 2.21. The molecule has 4 heteroatoms. The van der Waals surface area contributed by atoms with Crippen LogP contribution in [-0.4, -0.2) is 24.2 Å². The SMILES string of the molecule is COC1CCCC(NCc2nccs2)C1. The number of methoxy groups -OCH3 is 1. The lowest BCUT2D eigenvalue weighted by Gasteiger charge is -2.28. The van der Waals surface area contributed by atoms with Crippen molar-refractivity contribution in [2.75, 3.05) is 7.11 Å². The summed E-state index contributed by atoms with van der Waals surface area (Å²) in [6.07, 6.45) is 7.21. The lowest BCUT2D eigenvalue weighted by molar-refractivity contribution is 0.0586. The second-order valence-corrected chi connectivity index (χ2v) is 5.01. The van der Waals surface area contributed by atoms with Crippen molar-refractivity contribution in [2.45, 2.75) is 44.4 Å². The molecular formula is C11H18N2OS. The van der Waals surface area contributed by atoms with Gasteiger partial charge in [0.1, 0.15) is 5.01 Å². The van der Waals surface area contributed by atoms with Crippen molar-refractivity contribution in [3.8, 4) is 0 Å². The maximum absolute atomic E-state index is 5.41. The molecule has 0 radical (unpaired) electrons. The van der Waals surface area contributed by atoms with Crippen molar-refractivity contribution in [2.24, 2.45) is 0 Å². The van der Waals surface area contributed by atoms with Crippen molar-refractivity contribution in [3.05, 3.63) is 16.6 Å². The average molecular weight is 226 g/mol. The summed E-state index contributed by atoms with van der Waals surface area (Å²) in [5.41, 5.74) is 0. The third-order valence-corrected chi connectivity index (χ3v) is 3.76. The molecular weight excluding hydrogens is 208 g/mol. The van der Waals surface area contributed by atoms with Crippen molar-refractivity contribution < 1.29 is 4.74 Å². The Hall–Kier alpha value is -0.450. The zero-order chi connectivity index (χ0) is 10.5. The molecule has 1 aromatic rings. The summed E-state index contributed by atoms with van der Waals surface area (Å²) in [7, 11) is 1.81. The van der Waals surface area contributed by atoms with Crippen molar-refractivity contribution >= 4 is 11.3 Å². The number of nitrogens with one attached hydrogen (secondary N) is 1. The van der Waals surface area contributed by atoms with E-state index in [2.05, 4.69) is 10.3 Å². The molecule has 0 amide bonds. The highest BCUT2D eigenvalue weighted by Gasteiger charge is 2.21. The lowest BCUT2D eigenvalue weighted by atomic mass is 9.93. The lowest BCUT2D eigenvalue weighted by Crippen LogP contribution is -2.36. The van der Waals surface area contributed by atoms with Crippen LogP contribution in [0.5, 0.6) is 0 Å². The van der Waals surface area contributed by atoms with Gasteiger partial charge in [-0.25, -0.2) is 4.98 Å². The predicted molar refractivity (Wildman–Crippen MR) is 62.0 cm³/mol. The first kappa shape index (κ1) is 11.0. The van der Waals surface area contributed by atoms with Gasteiger partial charge in [-0.1, -0.05) is 0 Å². The van der Waals surface area contributed by atoms with Gasteiger partial charge in [0.25, 0.3) is 0 Å². The van der Waals surface area contributed by atoms with Gasteiger partial charge in [0.05, 0.1) is 6.10 Å². The Kier molecular flexibility index (Phi) is 4.11. The zero-order valence-corrected chi connectivity index (χ0v) is 9.93. The molecule has 0 aromatic carbocycles. The fourth-order valence-electron chi connectivity index (χ4n) is 2.12. The molecule has 1 aromatic heterocycles. The normalized spacial score (nSPS) is 26.7. The van der Waals surface area contributed by atoms with Gasteiger partial charge in [0.2, 0.25) is 0 Å². The second kappa shape index (κ2) is 5.58. The van der Waals surface area contributed by atoms with Crippen LogP contribution in [0.15, 0.2) is 11.6 Å². The van der Waals surface area contributed by atoms with Crippen LogP contribution >= 0.6 is 11.3 Å². The number of nitrogens with zero attached hydrogens (tertiary/aromatic N) is 1. The average Bonchev–Trinajstić information content (AvgIpc) is 2.79. The van der Waals surface area contributed by atoms with Gasteiger partial charge >= 0.3 is 0 Å². The van der Waals surface area contributed by atoms with Crippen molar-refractivity contribution in [1.29, 1.82) is 0 Å². The molecule has 3 nitrogen and oxygen atoms in total. The predicted octanol–water partition coefficient (Wildman–Crippen LogP) is 2.19. The van der Waals surface area contributed by atoms with E-state index in [1.807, 2.05) is 18.7 Å². The molecule has 1 aliphatic carbocycles. The van der Waals surface area contributed by atoms with Gasteiger partial charge in [-0.15, -0.1) is 11.3 Å². The highest BCUT2D eigenvalue weighted by atomic mass is 32.1. The summed E-state index contributed by atoms with van der Waals surface area (Å²) in [6.45, 7) is 0.902. The topological polar surface area (TPSA) is 34.1 Å².